The highest BCUT2D eigenvalue weighted by Gasteiger charge is 2.36. The number of likely N-dealkylation sites (tertiary alicyclic amines) is 1. The van der Waals surface area contributed by atoms with Crippen molar-refractivity contribution in [2.45, 2.75) is 25.1 Å². The molecule has 0 aromatic carbocycles. The highest BCUT2D eigenvalue weighted by Crippen LogP contribution is 2.18. The van der Waals surface area contributed by atoms with E-state index in [0.717, 1.165) is 0 Å². The van der Waals surface area contributed by atoms with Gasteiger partial charge in [-0.3, -0.25) is 14.4 Å². The van der Waals surface area contributed by atoms with Crippen molar-refractivity contribution in [3.63, 3.8) is 0 Å². The average molecular weight is 239 g/mol. The van der Waals surface area contributed by atoms with Gasteiger partial charge in [0.05, 0.1) is 19.8 Å². The molecule has 1 N–H and O–H groups in total. The van der Waals surface area contributed by atoms with Gasteiger partial charge in [-0.25, -0.2) is 0 Å². The van der Waals surface area contributed by atoms with E-state index in [9.17, 15) is 9.90 Å². The molecule has 2 atom stereocenters. The molecule has 0 amide bonds. The normalized spacial score (nSPS) is 25.1. The molecule has 17 heavy (non-hydrogen) atoms. The van der Waals surface area contributed by atoms with E-state index in [4.69, 9.17) is 4.74 Å². The van der Waals surface area contributed by atoms with Crippen LogP contribution in [0.4, 0.5) is 0 Å². The van der Waals surface area contributed by atoms with Crippen molar-refractivity contribution in [1.82, 2.24) is 14.7 Å². The summed E-state index contributed by atoms with van der Waals surface area (Å²) in [7, 11) is 1.37. The summed E-state index contributed by atoms with van der Waals surface area (Å²) in [6, 6.07) is 1.53. The molecule has 2 rings (SSSR count). The van der Waals surface area contributed by atoms with E-state index in [2.05, 4.69) is 5.10 Å². The van der Waals surface area contributed by atoms with Crippen LogP contribution in [0, 0.1) is 0 Å². The van der Waals surface area contributed by atoms with E-state index in [1.54, 1.807) is 10.9 Å². The number of nitrogens with zero attached hydrogens (tertiary/aromatic N) is 3. The number of hydrogen-bond acceptors (Lipinski definition) is 5. The van der Waals surface area contributed by atoms with Crippen molar-refractivity contribution >= 4 is 5.97 Å². The van der Waals surface area contributed by atoms with Gasteiger partial charge >= 0.3 is 5.97 Å². The highest BCUT2D eigenvalue weighted by atomic mass is 16.5. The summed E-state index contributed by atoms with van der Waals surface area (Å²) >= 11 is 0. The van der Waals surface area contributed by atoms with Crippen LogP contribution < -0.4 is 0 Å². The zero-order valence-corrected chi connectivity index (χ0v) is 9.82. The number of carbonyl (C=O) groups excluding carboxylic acids is 1. The Kier molecular flexibility index (Phi) is 3.75. The van der Waals surface area contributed by atoms with Crippen LogP contribution >= 0.6 is 0 Å². The van der Waals surface area contributed by atoms with Crippen LogP contribution in [0.3, 0.4) is 0 Å². The first-order valence-corrected chi connectivity index (χ1v) is 5.68. The maximum Gasteiger partial charge on any atom is 0.323 e. The number of aliphatic hydroxyl groups is 1. The Morgan fingerprint density at radius 3 is 3.06 bits per heavy atom. The Morgan fingerprint density at radius 2 is 2.41 bits per heavy atom. The fourth-order valence-electron chi connectivity index (χ4n) is 2.17. The van der Waals surface area contributed by atoms with Crippen molar-refractivity contribution in [1.29, 1.82) is 0 Å². The third kappa shape index (κ3) is 2.83. The lowest BCUT2D eigenvalue weighted by molar-refractivity contribution is -0.145. The zero-order valence-electron chi connectivity index (χ0n) is 9.82. The molecular weight excluding hydrogens is 222 g/mol. The SMILES string of the molecule is COC(=O)[C@@H]1C[C@H](O)CN1CCn1cccn1. The number of esters is 1. The molecule has 1 aliphatic heterocycles. The van der Waals surface area contributed by atoms with Gasteiger partial charge < -0.3 is 9.84 Å². The number of carbonyl (C=O) groups is 1. The summed E-state index contributed by atoms with van der Waals surface area (Å²) < 4.78 is 6.54. The van der Waals surface area contributed by atoms with Crippen LogP contribution in [0.25, 0.3) is 0 Å². The number of aromatic nitrogens is 2. The van der Waals surface area contributed by atoms with E-state index in [1.165, 1.54) is 7.11 Å². The molecule has 0 spiro atoms. The van der Waals surface area contributed by atoms with Gasteiger partial charge in [0.25, 0.3) is 0 Å². The van der Waals surface area contributed by atoms with E-state index in [1.807, 2.05) is 17.2 Å². The minimum absolute atomic E-state index is 0.276. The Labute approximate surface area is 99.8 Å². The van der Waals surface area contributed by atoms with Crippen molar-refractivity contribution in [2.75, 3.05) is 20.2 Å². The molecule has 0 unspecified atom stereocenters. The first-order chi connectivity index (χ1) is 8.20. The van der Waals surface area contributed by atoms with Crippen LogP contribution in [0.2, 0.25) is 0 Å². The summed E-state index contributed by atoms with van der Waals surface area (Å²) in [6.45, 7) is 1.90. The molecule has 0 radical (unpaired) electrons. The minimum atomic E-state index is -0.447. The van der Waals surface area contributed by atoms with E-state index in [0.29, 0.717) is 26.1 Å². The molecule has 1 aromatic heterocycles. The quantitative estimate of drug-likeness (QED) is 0.717. The number of hydrogen-bond donors (Lipinski definition) is 1. The van der Waals surface area contributed by atoms with Gasteiger partial charge in [0.2, 0.25) is 0 Å². The predicted octanol–water partition coefficient (Wildman–Crippen LogP) is -0.509. The maximum absolute atomic E-state index is 11.5. The van der Waals surface area contributed by atoms with Crippen LogP contribution in [0.15, 0.2) is 18.5 Å². The molecule has 1 aliphatic rings. The fourth-order valence-corrected chi connectivity index (χ4v) is 2.17. The second kappa shape index (κ2) is 5.29. The maximum atomic E-state index is 11.5. The Morgan fingerprint density at radius 1 is 1.59 bits per heavy atom. The lowest BCUT2D eigenvalue weighted by Gasteiger charge is -2.21. The molecule has 6 nitrogen and oxygen atoms in total. The second-order valence-electron chi connectivity index (χ2n) is 4.19. The third-order valence-electron chi connectivity index (χ3n) is 3.03. The monoisotopic (exact) mass is 239 g/mol. The van der Waals surface area contributed by atoms with Crippen molar-refractivity contribution in [3.8, 4) is 0 Å². The summed E-state index contributed by atoms with van der Waals surface area (Å²) in [5, 5.41) is 13.7. The molecule has 1 saturated heterocycles. The number of β-amino-alcohol motifs (C(OH)–C–C–N with tert-alkyl or cyclic N) is 1. The standard InChI is InChI=1S/C11H17N3O3/c1-17-11(16)10-7-9(15)8-13(10)5-6-14-4-2-3-12-14/h2-4,9-10,15H,5-8H2,1H3/t9-,10-/m0/s1. The summed E-state index contributed by atoms with van der Waals surface area (Å²) in [5.74, 6) is -0.276. The van der Waals surface area contributed by atoms with Gasteiger partial charge in [-0.2, -0.15) is 5.10 Å². The van der Waals surface area contributed by atoms with Crippen LogP contribution in [-0.2, 0) is 16.1 Å². The first kappa shape index (κ1) is 12.1. The minimum Gasteiger partial charge on any atom is -0.468 e. The van der Waals surface area contributed by atoms with Gasteiger partial charge in [0.1, 0.15) is 6.04 Å². The summed E-state index contributed by atoms with van der Waals surface area (Å²) in [6.07, 6.45) is 3.60. The van der Waals surface area contributed by atoms with Crippen molar-refractivity contribution in [3.05, 3.63) is 18.5 Å². The predicted molar refractivity (Wildman–Crippen MR) is 60.2 cm³/mol. The molecule has 94 valence electrons. The topological polar surface area (TPSA) is 67.6 Å². The van der Waals surface area contributed by atoms with Gasteiger partial charge in [-0.1, -0.05) is 0 Å². The number of rotatable bonds is 4. The van der Waals surface area contributed by atoms with Crippen molar-refractivity contribution < 1.29 is 14.6 Å². The molecular formula is C11H17N3O3. The molecule has 0 bridgehead atoms. The third-order valence-corrected chi connectivity index (χ3v) is 3.03. The number of ether oxygens (including phenoxy) is 1. The Hall–Kier alpha value is -1.40. The van der Waals surface area contributed by atoms with E-state index >= 15 is 0 Å². The van der Waals surface area contributed by atoms with Crippen LogP contribution in [0.5, 0.6) is 0 Å². The molecule has 1 aromatic rings. The largest absolute Gasteiger partial charge is 0.468 e. The average Bonchev–Trinajstić information content (AvgIpc) is 2.94. The summed E-state index contributed by atoms with van der Waals surface area (Å²) in [5.41, 5.74) is 0. The smallest absolute Gasteiger partial charge is 0.323 e. The number of aliphatic hydroxyl groups excluding tert-OH is 1. The molecule has 1 fully saturated rings. The molecule has 0 aliphatic carbocycles. The fraction of sp³-hybridized carbons (Fsp3) is 0.636. The van der Waals surface area contributed by atoms with Crippen LogP contribution in [-0.4, -0.2) is 58.1 Å². The lowest BCUT2D eigenvalue weighted by Crippen LogP contribution is -2.38. The highest BCUT2D eigenvalue weighted by molar-refractivity contribution is 5.76. The van der Waals surface area contributed by atoms with Gasteiger partial charge in [0.15, 0.2) is 0 Å². The molecule has 0 saturated carbocycles. The summed E-state index contributed by atoms with van der Waals surface area (Å²) in [4.78, 5) is 13.5. The van der Waals surface area contributed by atoms with Gasteiger partial charge in [-0.05, 0) is 6.07 Å². The van der Waals surface area contributed by atoms with E-state index in [-0.39, 0.29) is 12.0 Å². The first-order valence-electron chi connectivity index (χ1n) is 5.68. The lowest BCUT2D eigenvalue weighted by atomic mass is 10.2. The van der Waals surface area contributed by atoms with Gasteiger partial charge in [0, 0.05) is 31.9 Å². The van der Waals surface area contributed by atoms with Gasteiger partial charge in [-0.15, -0.1) is 0 Å². The molecule has 6 heteroatoms. The van der Waals surface area contributed by atoms with E-state index < -0.39 is 6.10 Å². The number of methoxy groups -OCH3 is 1. The Balaban J connectivity index is 1.91. The Bertz CT molecular complexity index is 366. The van der Waals surface area contributed by atoms with Crippen molar-refractivity contribution in [2.24, 2.45) is 0 Å². The zero-order chi connectivity index (χ0) is 12.3. The molecule has 2 heterocycles. The second-order valence-corrected chi connectivity index (χ2v) is 4.19. The van der Waals surface area contributed by atoms with Crippen LogP contribution in [0.1, 0.15) is 6.42 Å².